The van der Waals surface area contributed by atoms with E-state index in [-0.39, 0.29) is 16.2 Å². The minimum Gasteiger partial charge on any atom is -0.507 e. The largest absolute Gasteiger partial charge is 0.507 e. The Labute approximate surface area is 165 Å². The second-order valence-electron chi connectivity index (χ2n) is 10.9. The van der Waals surface area contributed by atoms with E-state index in [4.69, 9.17) is 0 Å². The van der Waals surface area contributed by atoms with Crippen LogP contribution in [0.2, 0.25) is 0 Å². The number of hydrogen-bond acceptors (Lipinski definition) is 2. The van der Waals surface area contributed by atoms with Gasteiger partial charge in [-0.2, -0.15) is 0 Å². The number of rotatable bonds is 1. The van der Waals surface area contributed by atoms with E-state index in [2.05, 4.69) is 75.3 Å². The van der Waals surface area contributed by atoms with Crippen molar-refractivity contribution in [3.8, 4) is 22.6 Å². The van der Waals surface area contributed by atoms with Crippen molar-refractivity contribution >= 4 is 0 Å². The zero-order valence-corrected chi connectivity index (χ0v) is 18.7. The lowest BCUT2D eigenvalue weighted by atomic mass is 9.77. The van der Waals surface area contributed by atoms with Gasteiger partial charge in [-0.1, -0.05) is 68.4 Å². The predicted molar refractivity (Wildman–Crippen MR) is 116 cm³/mol. The van der Waals surface area contributed by atoms with Gasteiger partial charge in [0.2, 0.25) is 0 Å². The van der Waals surface area contributed by atoms with Gasteiger partial charge in [0.15, 0.2) is 0 Å². The van der Waals surface area contributed by atoms with E-state index >= 15 is 0 Å². The van der Waals surface area contributed by atoms with Crippen molar-refractivity contribution in [3.05, 3.63) is 46.5 Å². The van der Waals surface area contributed by atoms with Crippen LogP contribution in [0.15, 0.2) is 24.3 Å². The minimum atomic E-state index is -0.202. The molecule has 0 heterocycles. The molecule has 0 atom stereocenters. The summed E-state index contributed by atoms with van der Waals surface area (Å²) in [6, 6.07) is 8.17. The van der Waals surface area contributed by atoms with Crippen LogP contribution >= 0.6 is 0 Å². The second kappa shape index (κ2) is 6.58. The molecule has 2 aromatic carbocycles. The molecule has 0 aliphatic carbocycles. The fourth-order valence-electron chi connectivity index (χ4n) is 3.50. The Morgan fingerprint density at radius 2 is 0.926 bits per heavy atom. The van der Waals surface area contributed by atoms with Crippen LogP contribution in [0.5, 0.6) is 11.5 Å². The summed E-state index contributed by atoms with van der Waals surface area (Å²) in [5.41, 5.74) is 5.10. The predicted octanol–water partition coefficient (Wildman–Crippen LogP) is 6.97. The number of aryl methyl sites for hydroxylation is 1. The highest BCUT2D eigenvalue weighted by atomic mass is 16.3. The minimum absolute atomic E-state index is 0.151. The zero-order chi connectivity index (χ0) is 20.9. The summed E-state index contributed by atoms with van der Waals surface area (Å²) in [5, 5.41) is 22.1. The summed E-state index contributed by atoms with van der Waals surface area (Å²) in [6.45, 7) is 21.0. The molecule has 0 amide bonds. The number of aromatic hydroxyl groups is 2. The molecule has 2 N–H and O–H groups in total. The summed E-state index contributed by atoms with van der Waals surface area (Å²) in [7, 11) is 0. The SMILES string of the molecule is Cc1cc(-c2cc(C(C)(C)C)c(O)c(C(C)(C)C)c2)c(O)c(C(C)(C)C)c1. The van der Waals surface area contributed by atoms with E-state index in [1.165, 1.54) is 0 Å². The first-order valence-corrected chi connectivity index (χ1v) is 9.76. The van der Waals surface area contributed by atoms with Gasteiger partial charge in [0.25, 0.3) is 0 Å². The molecule has 0 saturated heterocycles. The Balaban J connectivity index is 2.90. The van der Waals surface area contributed by atoms with Gasteiger partial charge in [-0.05, 0) is 52.5 Å². The summed E-state index contributed by atoms with van der Waals surface area (Å²) in [5.74, 6) is 0.695. The Morgan fingerprint density at radius 1 is 0.556 bits per heavy atom. The Morgan fingerprint density at radius 3 is 1.30 bits per heavy atom. The maximum Gasteiger partial charge on any atom is 0.127 e. The molecule has 0 fully saturated rings. The first-order valence-electron chi connectivity index (χ1n) is 9.76. The van der Waals surface area contributed by atoms with Gasteiger partial charge in [-0.25, -0.2) is 0 Å². The van der Waals surface area contributed by atoms with Crippen LogP contribution in [0.1, 0.15) is 84.6 Å². The molecule has 0 aliphatic rings. The van der Waals surface area contributed by atoms with Gasteiger partial charge >= 0.3 is 0 Å². The molecule has 2 rings (SSSR count). The van der Waals surface area contributed by atoms with Crippen molar-refractivity contribution in [2.45, 2.75) is 85.5 Å². The first kappa shape index (κ1) is 21.3. The first-order chi connectivity index (χ1) is 12.0. The average molecular weight is 369 g/mol. The van der Waals surface area contributed by atoms with E-state index in [0.29, 0.717) is 11.5 Å². The van der Waals surface area contributed by atoms with Crippen LogP contribution in [0.4, 0.5) is 0 Å². The Hall–Kier alpha value is -1.96. The molecular formula is C25H36O2. The van der Waals surface area contributed by atoms with Gasteiger partial charge in [-0.3, -0.25) is 0 Å². The zero-order valence-electron chi connectivity index (χ0n) is 18.7. The van der Waals surface area contributed by atoms with Crippen molar-refractivity contribution in [1.29, 1.82) is 0 Å². The van der Waals surface area contributed by atoms with Gasteiger partial charge in [0.05, 0.1) is 0 Å². The maximum absolute atomic E-state index is 11.1. The summed E-state index contributed by atoms with van der Waals surface area (Å²) in [4.78, 5) is 0. The monoisotopic (exact) mass is 368 g/mol. The summed E-state index contributed by atoms with van der Waals surface area (Å²) < 4.78 is 0. The second-order valence-corrected chi connectivity index (χ2v) is 10.9. The van der Waals surface area contributed by atoms with Crippen LogP contribution < -0.4 is 0 Å². The van der Waals surface area contributed by atoms with Gasteiger partial charge in [-0.15, -0.1) is 0 Å². The number of benzene rings is 2. The van der Waals surface area contributed by atoms with E-state index in [1.807, 2.05) is 18.2 Å². The van der Waals surface area contributed by atoms with Crippen LogP contribution in [0.3, 0.4) is 0 Å². The molecule has 0 unspecified atom stereocenters. The van der Waals surface area contributed by atoms with Gasteiger partial charge in [0.1, 0.15) is 11.5 Å². The fraction of sp³-hybridized carbons (Fsp3) is 0.520. The summed E-state index contributed by atoms with van der Waals surface area (Å²) in [6.07, 6.45) is 0. The molecule has 0 bridgehead atoms. The summed E-state index contributed by atoms with van der Waals surface area (Å²) >= 11 is 0. The molecule has 2 nitrogen and oxygen atoms in total. The normalized spacial score (nSPS) is 13.1. The molecule has 2 aromatic rings. The molecule has 0 saturated carbocycles. The Bertz CT molecular complexity index is 819. The van der Waals surface area contributed by atoms with Crippen molar-refractivity contribution in [2.24, 2.45) is 0 Å². The molecule has 148 valence electrons. The van der Waals surface area contributed by atoms with E-state index in [9.17, 15) is 10.2 Å². The highest BCUT2D eigenvalue weighted by molar-refractivity contribution is 5.76. The fourth-order valence-corrected chi connectivity index (χ4v) is 3.50. The topological polar surface area (TPSA) is 40.5 Å². The van der Waals surface area contributed by atoms with Crippen LogP contribution in [-0.2, 0) is 16.2 Å². The Kier molecular flexibility index (Phi) is 5.20. The van der Waals surface area contributed by atoms with E-state index in [1.54, 1.807) is 0 Å². The molecule has 0 radical (unpaired) electrons. The number of phenols is 2. The van der Waals surface area contributed by atoms with Crippen molar-refractivity contribution < 1.29 is 10.2 Å². The highest BCUT2D eigenvalue weighted by Gasteiger charge is 2.28. The molecule has 0 spiro atoms. The lowest BCUT2D eigenvalue weighted by Gasteiger charge is -2.29. The van der Waals surface area contributed by atoms with E-state index < -0.39 is 0 Å². The van der Waals surface area contributed by atoms with Crippen molar-refractivity contribution in [1.82, 2.24) is 0 Å². The number of phenolic OH excluding ortho intramolecular Hbond substituents is 2. The van der Waals surface area contributed by atoms with Crippen LogP contribution in [0, 0.1) is 6.92 Å². The standard InChI is InChI=1S/C25H36O2/c1-15-11-17(21(26)18(12-15)23(2,3)4)16-13-19(24(5,6)7)22(27)20(14-16)25(8,9)10/h11-14,26-27H,1-10H3. The van der Waals surface area contributed by atoms with Gasteiger partial charge in [0, 0.05) is 22.3 Å². The molecular weight excluding hydrogens is 332 g/mol. The van der Waals surface area contributed by atoms with Crippen LogP contribution in [-0.4, -0.2) is 10.2 Å². The van der Waals surface area contributed by atoms with Crippen molar-refractivity contribution in [2.75, 3.05) is 0 Å². The molecule has 2 heteroatoms. The average Bonchev–Trinajstić information content (AvgIpc) is 2.46. The third kappa shape index (κ3) is 4.31. The van der Waals surface area contributed by atoms with E-state index in [0.717, 1.165) is 33.4 Å². The van der Waals surface area contributed by atoms with Crippen LogP contribution in [0.25, 0.3) is 11.1 Å². The third-order valence-corrected chi connectivity index (χ3v) is 5.10. The lowest BCUT2D eigenvalue weighted by molar-refractivity contribution is 0.423. The number of hydrogen-bond donors (Lipinski definition) is 2. The molecule has 0 aromatic heterocycles. The molecule has 27 heavy (non-hydrogen) atoms. The third-order valence-electron chi connectivity index (χ3n) is 5.10. The van der Waals surface area contributed by atoms with Gasteiger partial charge < -0.3 is 10.2 Å². The highest BCUT2D eigenvalue weighted by Crippen LogP contribution is 2.45. The van der Waals surface area contributed by atoms with Crippen molar-refractivity contribution in [3.63, 3.8) is 0 Å². The molecule has 0 aliphatic heterocycles. The maximum atomic E-state index is 11.1. The lowest BCUT2D eigenvalue weighted by Crippen LogP contribution is -2.17. The quantitative estimate of drug-likeness (QED) is 0.571. The smallest absolute Gasteiger partial charge is 0.127 e.